The van der Waals surface area contributed by atoms with Gasteiger partial charge >= 0.3 is 0 Å². The standard InChI is InChI=1S/C15H27N3O2/c1-4-6-15(10-19)9-18(7-5-14(15)20)8-13-11(2)16-17-12(13)3/h14,19-20H,4-10H2,1-3H3,(H,16,17)/t14-,15-/m0/s1. The SMILES string of the molecule is CCC[C@@]1(CO)CN(Cc2c(C)n[nH]c2C)CC[C@@H]1O. The van der Waals surface area contributed by atoms with Gasteiger partial charge < -0.3 is 10.2 Å². The van der Waals surface area contributed by atoms with Crippen molar-refractivity contribution in [1.29, 1.82) is 0 Å². The lowest BCUT2D eigenvalue weighted by Crippen LogP contribution is -2.53. The number of H-pyrrole nitrogens is 1. The highest BCUT2D eigenvalue weighted by molar-refractivity contribution is 5.23. The van der Waals surface area contributed by atoms with Crippen molar-refractivity contribution in [2.75, 3.05) is 19.7 Å². The van der Waals surface area contributed by atoms with Crippen LogP contribution < -0.4 is 0 Å². The van der Waals surface area contributed by atoms with Gasteiger partial charge in [-0.25, -0.2) is 0 Å². The Hall–Kier alpha value is -0.910. The van der Waals surface area contributed by atoms with Gasteiger partial charge in [-0.3, -0.25) is 10.00 Å². The Kier molecular flexibility index (Phi) is 4.83. The summed E-state index contributed by atoms with van der Waals surface area (Å²) in [6.45, 7) is 8.68. The Morgan fingerprint density at radius 2 is 2.20 bits per heavy atom. The summed E-state index contributed by atoms with van der Waals surface area (Å²) in [5.74, 6) is 0. The summed E-state index contributed by atoms with van der Waals surface area (Å²) < 4.78 is 0. The van der Waals surface area contributed by atoms with Crippen LogP contribution in [-0.2, 0) is 6.54 Å². The lowest BCUT2D eigenvalue weighted by Gasteiger charge is -2.45. The largest absolute Gasteiger partial charge is 0.396 e. The van der Waals surface area contributed by atoms with Crippen molar-refractivity contribution in [3.8, 4) is 0 Å². The van der Waals surface area contributed by atoms with Crippen LogP contribution in [0.5, 0.6) is 0 Å². The number of aromatic nitrogens is 2. The number of likely N-dealkylation sites (tertiary alicyclic amines) is 1. The smallest absolute Gasteiger partial charge is 0.0642 e. The molecule has 0 aliphatic carbocycles. The number of aliphatic hydroxyl groups excluding tert-OH is 2. The highest BCUT2D eigenvalue weighted by atomic mass is 16.3. The number of aliphatic hydroxyl groups is 2. The van der Waals surface area contributed by atoms with E-state index in [1.54, 1.807) is 0 Å². The van der Waals surface area contributed by atoms with E-state index in [4.69, 9.17) is 0 Å². The molecule has 0 saturated carbocycles. The van der Waals surface area contributed by atoms with E-state index in [1.807, 2.05) is 13.8 Å². The molecule has 5 heteroatoms. The second-order valence-corrected chi connectivity index (χ2v) is 6.20. The molecule has 2 atom stereocenters. The van der Waals surface area contributed by atoms with Gasteiger partial charge in [0.2, 0.25) is 0 Å². The van der Waals surface area contributed by atoms with E-state index in [1.165, 1.54) is 5.56 Å². The molecule has 1 aromatic rings. The zero-order valence-corrected chi connectivity index (χ0v) is 12.8. The van der Waals surface area contributed by atoms with Crippen molar-refractivity contribution in [3.05, 3.63) is 17.0 Å². The molecule has 1 aliphatic heterocycles. The summed E-state index contributed by atoms with van der Waals surface area (Å²) in [5.41, 5.74) is 3.03. The zero-order chi connectivity index (χ0) is 14.8. The minimum atomic E-state index is -0.393. The van der Waals surface area contributed by atoms with Crippen molar-refractivity contribution >= 4 is 0 Å². The molecule has 5 nitrogen and oxygen atoms in total. The molecular formula is C15H27N3O2. The van der Waals surface area contributed by atoms with Gasteiger partial charge in [-0.2, -0.15) is 5.10 Å². The Labute approximate surface area is 121 Å². The second-order valence-electron chi connectivity index (χ2n) is 6.20. The summed E-state index contributed by atoms with van der Waals surface area (Å²) in [6.07, 6.45) is 2.19. The highest BCUT2D eigenvalue weighted by Gasteiger charge is 2.41. The van der Waals surface area contributed by atoms with E-state index in [2.05, 4.69) is 22.0 Å². The summed E-state index contributed by atoms with van der Waals surface area (Å²) in [6, 6.07) is 0. The molecule has 0 radical (unpaired) electrons. The van der Waals surface area contributed by atoms with Crippen LogP contribution in [0.4, 0.5) is 0 Å². The molecule has 1 saturated heterocycles. The minimum absolute atomic E-state index is 0.0574. The van der Waals surface area contributed by atoms with Crippen molar-refractivity contribution in [2.24, 2.45) is 5.41 Å². The van der Waals surface area contributed by atoms with Gasteiger partial charge in [-0.15, -0.1) is 0 Å². The number of hydrogen-bond acceptors (Lipinski definition) is 4. The fraction of sp³-hybridized carbons (Fsp3) is 0.800. The third-order valence-corrected chi connectivity index (χ3v) is 4.69. The molecule has 1 fully saturated rings. The lowest BCUT2D eigenvalue weighted by atomic mass is 9.74. The van der Waals surface area contributed by atoms with Crippen LogP contribution in [0.3, 0.4) is 0 Å². The molecule has 1 aliphatic rings. The molecule has 0 amide bonds. The molecule has 114 valence electrons. The summed E-state index contributed by atoms with van der Waals surface area (Å²) in [5, 5.41) is 27.3. The quantitative estimate of drug-likeness (QED) is 0.762. The normalized spacial score (nSPS) is 27.9. The average Bonchev–Trinajstić information content (AvgIpc) is 2.74. The van der Waals surface area contributed by atoms with Crippen molar-refractivity contribution in [3.63, 3.8) is 0 Å². The van der Waals surface area contributed by atoms with E-state index in [9.17, 15) is 10.2 Å². The zero-order valence-electron chi connectivity index (χ0n) is 12.8. The van der Waals surface area contributed by atoms with Gasteiger partial charge in [-0.05, 0) is 26.7 Å². The van der Waals surface area contributed by atoms with Crippen LogP contribution >= 0.6 is 0 Å². The van der Waals surface area contributed by atoms with Gasteiger partial charge in [0.1, 0.15) is 0 Å². The van der Waals surface area contributed by atoms with Gasteiger partial charge in [-0.1, -0.05) is 13.3 Å². The van der Waals surface area contributed by atoms with Crippen LogP contribution in [-0.4, -0.2) is 51.1 Å². The highest BCUT2D eigenvalue weighted by Crippen LogP contribution is 2.35. The molecule has 2 rings (SSSR count). The van der Waals surface area contributed by atoms with Crippen molar-refractivity contribution in [2.45, 2.75) is 52.7 Å². The second kappa shape index (κ2) is 6.24. The third-order valence-electron chi connectivity index (χ3n) is 4.69. The van der Waals surface area contributed by atoms with E-state index < -0.39 is 6.10 Å². The number of hydrogen-bond donors (Lipinski definition) is 3. The van der Waals surface area contributed by atoms with Crippen LogP contribution in [0.2, 0.25) is 0 Å². The Morgan fingerprint density at radius 1 is 1.45 bits per heavy atom. The number of aromatic amines is 1. The molecule has 1 aromatic heterocycles. The molecule has 2 heterocycles. The van der Waals surface area contributed by atoms with Gasteiger partial charge in [0, 0.05) is 36.3 Å². The van der Waals surface area contributed by atoms with E-state index in [0.717, 1.165) is 50.3 Å². The first-order chi connectivity index (χ1) is 9.52. The van der Waals surface area contributed by atoms with Crippen molar-refractivity contribution < 1.29 is 10.2 Å². The fourth-order valence-corrected chi connectivity index (χ4v) is 3.38. The molecule has 20 heavy (non-hydrogen) atoms. The van der Waals surface area contributed by atoms with E-state index >= 15 is 0 Å². The number of nitrogens with one attached hydrogen (secondary N) is 1. The minimum Gasteiger partial charge on any atom is -0.396 e. The number of piperidine rings is 1. The molecule has 0 aromatic carbocycles. The maximum absolute atomic E-state index is 10.3. The topological polar surface area (TPSA) is 72.4 Å². The van der Waals surface area contributed by atoms with E-state index in [0.29, 0.717) is 0 Å². The average molecular weight is 281 g/mol. The van der Waals surface area contributed by atoms with Crippen LogP contribution in [0.15, 0.2) is 0 Å². The Balaban J connectivity index is 2.11. The summed E-state index contributed by atoms with van der Waals surface area (Å²) in [7, 11) is 0. The van der Waals surface area contributed by atoms with Gasteiger partial charge in [0.15, 0.2) is 0 Å². The number of rotatable bonds is 5. The van der Waals surface area contributed by atoms with Crippen molar-refractivity contribution in [1.82, 2.24) is 15.1 Å². The molecule has 0 bridgehead atoms. The first-order valence-electron chi connectivity index (χ1n) is 7.54. The lowest BCUT2D eigenvalue weighted by molar-refractivity contribution is -0.0820. The molecule has 0 unspecified atom stereocenters. The Morgan fingerprint density at radius 3 is 2.75 bits per heavy atom. The summed E-state index contributed by atoms with van der Waals surface area (Å²) >= 11 is 0. The van der Waals surface area contributed by atoms with Crippen LogP contribution in [0, 0.1) is 19.3 Å². The maximum Gasteiger partial charge on any atom is 0.0642 e. The van der Waals surface area contributed by atoms with Crippen LogP contribution in [0.1, 0.15) is 43.1 Å². The van der Waals surface area contributed by atoms with E-state index in [-0.39, 0.29) is 12.0 Å². The number of aryl methyl sites for hydroxylation is 2. The third kappa shape index (κ3) is 2.90. The molecular weight excluding hydrogens is 254 g/mol. The predicted octanol–water partition coefficient (Wildman–Crippen LogP) is 1.37. The first-order valence-corrected chi connectivity index (χ1v) is 7.54. The monoisotopic (exact) mass is 281 g/mol. The number of nitrogens with zero attached hydrogens (tertiary/aromatic N) is 2. The van der Waals surface area contributed by atoms with Crippen LogP contribution in [0.25, 0.3) is 0 Å². The Bertz CT molecular complexity index is 427. The fourth-order valence-electron chi connectivity index (χ4n) is 3.38. The van der Waals surface area contributed by atoms with Gasteiger partial charge in [0.25, 0.3) is 0 Å². The molecule has 0 spiro atoms. The van der Waals surface area contributed by atoms with Gasteiger partial charge in [0.05, 0.1) is 18.4 Å². The summed E-state index contributed by atoms with van der Waals surface area (Å²) in [4.78, 5) is 2.34. The molecule has 3 N–H and O–H groups in total. The first kappa shape index (κ1) is 15.5. The maximum atomic E-state index is 10.3. The predicted molar refractivity (Wildman–Crippen MR) is 78.4 cm³/mol.